The number of carbonyl (C=O) groups is 1. The molecule has 1 aliphatic rings. The van der Waals surface area contributed by atoms with Crippen LogP contribution in [0.3, 0.4) is 0 Å². The van der Waals surface area contributed by atoms with Crippen LogP contribution in [0, 0.1) is 0 Å². The monoisotopic (exact) mass is 197 g/mol. The molecular weight excluding hydrogens is 186 g/mol. The molecule has 1 aliphatic carbocycles. The first-order valence-corrected chi connectivity index (χ1v) is 5.28. The van der Waals surface area contributed by atoms with E-state index in [0.717, 1.165) is 25.0 Å². The van der Waals surface area contributed by atoms with E-state index in [-0.39, 0.29) is 11.8 Å². The Balaban J connectivity index is 2.20. The lowest BCUT2D eigenvalue weighted by atomic mass is 9.65. The van der Waals surface area contributed by atoms with Crippen LogP contribution in [0.25, 0.3) is 0 Å². The Bertz CT molecular complexity index is 303. The van der Waals surface area contributed by atoms with Crippen LogP contribution in [0.2, 0.25) is 0 Å². The Morgan fingerprint density at radius 1 is 1.69 bits per heavy atom. The normalized spacial score (nSPS) is 19.4. The molecule has 0 amide bonds. The Labute approximate surface area is 80.4 Å². The second kappa shape index (κ2) is 3.10. The Kier molecular flexibility index (Phi) is 2.07. The van der Waals surface area contributed by atoms with Gasteiger partial charge in [0.2, 0.25) is 0 Å². The smallest absolute Gasteiger partial charge is 0.304 e. The maximum atomic E-state index is 10.7. The summed E-state index contributed by atoms with van der Waals surface area (Å²) in [4.78, 5) is 14.9. The third-order valence-corrected chi connectivity index (χ3v) is 3.36. The van der Waals surface area contributed by atoms with Crippen LogP contribution in [0.1, 0.15) is 31.4 Å². The first-order valence-electron chi connectivity index (χ1n) is 4.33. The molecule has 70 valence electrons. The summed E-state index contributed by atoms with van der Waals surface area (Å²) in [5, 5.41) is 10.8. The van der Waals surface area contributed by atoms with Gasteiger partial charge in [-0.05, 0) is 12.8 Å². The molecule has 0 spiro atoms. The number of carboxylic acids is 1. The number of hydrogen-bond acceptors (Lipinski definition) is 3. The van der Waals surface area contributed by atoms with E-state index in [0.29, 0.717) is 0 Å². The molecule has 0 bridgehead atoms. The highest BCUT2D eigenvalue weighted by atomic mass is 32.1. The summed E-state index contributed by atoms with van der Waals surface area (Å²) in [7, 11) is 0. The van der Waals surface area contributed by atoms with E-state index in [9.17, 15) is 4.79 Å². The van der Waals surface area contributed by atoms with E-state index in [1.165, 1.54) is 11.3 Å². The molecule has 1 heterocycles. The largest absolute Gasteiger partial charge is 0.481 e. The van der Waals surface area contributed by atoms with Crippen LogP contribution in [0.5, 0.6) is 0 Å². The van der Waals surface area contributed by atoms with Crippen LogP contribution in [0.4, 0.5) is 0 Å². The summed E-state index contributed by atoms with van der Waals surface area (Å²) in [6.07, 6.45) is 3.31. The van der Waals surface area contributed by atoms with Crippen molar-refractivity contribution in [2.75, 3.05) is 0 Å². The fraction of sp³-hybridized carbons (Fsp3) is 0.556. The summed E-state index contributed by atoms with van der Waals surface area (Å²) >= 11 is 1.54. The highest BCUT2D eigenvalue weighted by molar-refractivity contribution is 7.07. The molecule has 0 atom stereocenters. The van der Waals surface area contributed by atoms with E-state index in [2.05, 4.69) is 4.98 Å². The third kappa shape index (κ3) is 1.46. The molecule has 0 aliphatic heterocycles. The summed E-state index contributed by atoms with van der Waals surface area (Å²) < 4.78 is 0. The lowest BCUT2D eigenvalue weighted by Gasteiger charge is -2.39. The van der Waals surface area contributed by atoms with Crippen molar-refractivity contribution in [2.24, 2.45) is 0 Å². The molecule has 4 heteroatoms. The van der Waals surface area contributed by atoms with Gasteiger partial charge in [-0.1, -0.05) is 6.42 Å². The topological polar surface area (TPSA) is 50.2 Å². The second-order valence-electron chi connectivity index (χ2n) is 3.58. The molecule has 1 saturated carbocycles. The zero-order valence-corrected chi connectivity index (χ0v) is 8.01. The van der Waals surface area contributed by atoms with Crippen molar-refractivity contribution in [3.63, 3.8) is 0 Å². The molecule has 1 aromatic heterocycles. The standard InChI is InChI=1S/C9H11NO2S/c11-8(12)4-9(2-1-3-9)7-5-13-6-10-7/h5-6H,1-4H2,(H,11,12). The quantitative estimate of drug-likeness (QED) is 0.806. The van der Waals surface area contributed by atoms with Crippen LogP contribution >= 0.6 is 11.3 Å². The van der Waals surface area contributed by atoms with Gasteiger partial charge in [0.15, 0.2) is 0 Å². The summed E-state index contributed by atoms with van der Waals surface area (Å²) in [6, 6.07) is 0. The number of aliphatic carboxylic acids is 1. The van der Waals surface area contributed by atoms with Gasteiger partial charge in [0, 0.05) is 10.8 Å². The van der Waals surface area contributed by atoms with Crippen molar-refractivity contribution in [2.45, 2.75) is 31.1 Å². The zero-order valence-electron chi connectivity index (χ0n) is 7.19. The van der Waals surface area contributed by atoms with Crippen LogP contribution in [-0.4, -0.2) is 16.1 Å². The number of carboxylic acid groups (broad SMARTS) is 1. The highest BCUT2D eigenvalue weighted by Gasteiger charge is 2.41. The van der Waals surface area contributed by atoms with Gasteiger partial charge in [-0.3, -0.25) is 4.79 Å². The highest BCUT2D eigenvalue weighted by Crippen LogP contribution is 2.46. The van der Waals surface area contributed by atoms with Crippen LogP contribution < -0.4 is 0 Å². The van der Waals surface area contributed by atoms with Gasteiger partial charge < -0.3 is 5.11 Å². The van der Waals surface area contributed by atoms with E-state index >= 15 is 0 Å². The van der Waals surface area contributed by atoms with Crippen LogP contribution in [-0.2, 0) is 10.2 Å². The van der Waals surface area contributed by atoms with Gasteiger partial charge in [-0.25, -0.2) is 4.98 Å². The minimum Gasteiger partial charge on any atom is -0.481 e. The molecule has 1 aromatic rings. The zero-order chi connectivity index (χ0) is 9.31. The van der Waals surface area contributed by atoms with Gasteiger partial charge in [-0.2, -0.15) is 0 Å². The molecule has 0 saturated heterocycles. The van der Waals surface area contributed by atoms with Gasteiger partial charge in [0.05, 0.1) is 17.6 Å². The van der Waals surface area contributed by atoms with E-state index in [1.807, 2.05) is 5.38 Å². The molecule has 0 aromatic carbocycles. The van der Waals surface area contributed by atoms with Crippen molar-refractivity contribution in [1.29, 1.82) is 0 Å². The molecule has 2 rings (SSSR count). The molecule has 1 fully saturated rings. The van der Waals surface area contributed by atoms with Crippen molar-refractivity contribution in [3.8, 4) is 0 Å². The number of aromatic nitrogens is 1. The summed E-state index contributed by atoms with van der Waals surface area (Å²) in [6.45, 7) is 0. The van der Waals surface area contributed by atoms with Gasteiger partial charge in [-0.15, -0.1) is 11.3 Å². The van der Waals surface area contributed by atoms with E-state index in [4.69, 9.17) is 5.11 Å². The van der Waals surface area contributed by atoms with Gasteiger partial charge >= 0.3 is 5.97 Å². The Hall–Kier alpha value is -0.900. The SMILES string of the molecule is O=C(O)CC1(c2cscn2)CCC1. The van der Waals surface area contributed by atoms with Gasteiger partial charge in [0.25, 0.3) is 0 Å². The molecule has 1 N–H and O–H groups in total. The molecule has 0 unspecified atom stereocenters. The van der Waals surface area contributed by atoms with Crippen LogP contribution in [0.15, 0.2) is 10.9 Å². The number of rotatable bonds is 3. The summed E-state index contributed by atoms with van der Waals surface area (Å²) in [5.74, 6) is -0.715. The first kappa shape index (κ1) is 8.69. The van der Waals surface area contributed by atoms with Gasteiger partial charge in [0.1, 0.15) is 0 Å². The predicted molar refractivity (Wildman–Crippen MR) is 49.9 cm³/mol. The molecule has 0 radical (unpaired) electrons. The minimum atomic E-state index is -0.715. The second-order valence-corrected chi connectivity index (χ2v) is 4.30. The average molecular weight is 197 g/mol. The van der Waals surface area contributed by atoms with Crippen molar-refractivity contribution < 1.29 is 9.90 Å². The maximum Gasteiger partial charge on any atom is 0.304 e. The first-order chi connectivity index (χ1) is 6.23. The predicted octanol–water partition coefficient (Wildman–Crippen LogP) is 2.04. The fourth-order valence-electron chi connectivity index (χ4n) is 1.89. The fourth-order valence-corrected chi connectivity index (χ4v) is 2.57. The average Bonchev–Trinajstić information content (AvgIpc) is 2.48. The lowest BCUT2D eigenvalue weighted by molar-refractivity contribution is -0.139. The summed E-state index contributed by atoms with van der Waals surface area (Å²) in [5.41, 5.74) is 2.62. The van der Waals surface area contributed by atoms with E-state index < -0.39 is 5.97 Å². The Morgan fingerprint density at radius 3 is 2.85 bits per heavy atom. The lowest BCUT2D eigenvalue weighted by Crippen LogP contribution is -2.36. The molecule has 3 nitrogen and oxygen atoms in total. The number of nitrogens with zero attached hydrogens (tertiary/aromatic N) is 1. The third-order valence-electron chi connectivity index (χ3n) is 2.78. The van der Waals surface area contributed by atoms with E-state index in [1.54, 1.807) is 5.51 Å². The maximum absolute atomic E-state index is 10.7. The van der Waals surface area contributed by atoms with Crippen molar-refractivity contribution >= 4 is 17.3 Å². The van der Waals surface area contributed by atoms with Crippen molar-refractivity contribution in [1.82, 2.24) is 4.98 Å². The van der Waals surface area contributed by atoms with Crippen molar-refractivity contribution in [3.05, 3.63) is 16.6 Å². The molecule has 13 heavy (non-hydrogen) atoms. The number of thiazole rings is 1. The minimum absolute atomic E-state index is 0.133. The molecular formula is C9H11NO2S. The Morgan fingerprint density at radius 2 is 2.46 bits per heavy atom. The number of hydrogen-bond donors (Lipinski definition) is 1.